The lowest BCUT2D eigenvalue weighted by atomic mass is 9.74. The van der Waals surface area contributed by atoms with Crippen LogP contribution in [0.2, 0.25) is 0 Å². The number of nitrogens with zero attached hydrogens (tertiary/aromatic N) is 2. The van der Waals surface area contributed by atoms with E-state index in [1.165, 1.54) is 36.5 Å². The third-order valence-corrected chi connectivity index (χ3v) is 7.88. The standard InChI is InChI=1S/C26H28FN3O4S/c1-18(2)16-26(17-31)11-14-30(15-12-26)25(32)19-5-7-20(8-6-19)29-35(33,34)23-10-9-22(27)21-4-3-13-28-24(21)23/h3-10,13,17-18,29H,11-12,14-16H2,1-2H3. The van der Waals surface area contributed by atoms with Gasteiger partial charge in [0.15, 0.2) is 0 Å². The van der Waals surface area contributed by atoms with Crippen molar-refractivity contribution in [3.05, 3.63) is 66.1 Å². The maximum absolute atomic E-state index is 14.1. The van der Waals surface area contributed by atoms with E-state index in [-0.39, 0.29) is 32.8 Å². The average molecular weight is 498 g/mol. The molecule has 0 unspecified atom stereocenters. The highest BCUT2D eigenvalue weighted by Gasteiger charge is 2.36. The van der Waals surface area contributed by atoms with E-state index in [9.17, 15) is 22.4 Å². The molecule has 9 heteroatoms. The van der Waals surface area contributed by atoms with Crippen LogP contribution in [0.4, 0.5) is 10.1 Å². The predicted molar refractivity (Wildman–Crippen MR) is 132 cm³/mol. The molecule has 3 aromatic rings. The van der Waals surface area contributed by atoms with Gasteiger partial charge in [0.2, 0.25) is 0 Å². The van der Waals surface area contributed by atoms with Gasteiger partial charge in [-0.25, -0.2) is 12.8 Å². The summed E-state index contributed by atoms with van der Waals surface area (Å²) >= 11 is 0. The maximum Gasteiger partial charge on any atom is 0.264 e. The Morgan fingerprint density at radius 3 is 2.46 bits per heavy atom. The van der Waals surface area contributed by atoms with Crippen molar-refractivity contribution in [1.29, 1.82) is 0 Å². The summed E-state index contributed by atoms with van der Waals surface area (Å²) in [6.07, 6.45) is 4.54. The molecule has 0 atom stereocenters. The van der Waals surface area contributed by atoms with Gasteiger partial charge in [-0.15, -0.1) is 0 Å². The van der Waals surface area contributed by atoms with Gasteiger partial charge in [0.05, 0.1) is 5.52 Å². The molecule has 1 aliphatic rings. The monoisotopic (exact) mass is 497 g/mol. The summed E-state index contributed by atoms with van der Waals surface area (Å²) in [5, 5.41) is 0.116. The Morgan fingerprint density at radius 1 is 1.14 bits per heavy atom. The Kier molecular flexibility index (Phi) is 6.89. The van der Waals surface area contributed by atoms with E-state index in [2.05, 4.69) is 23.6 Å². The molecule has 1 amide bonds. The average Bonchev–Trinajstić information content (AvgIpc) is 2.84. The molecule has 0 aliphatic carbocycles. The number of anilines is 1. The lowest BCUT2D eigenvalue weighted by Gasteiger charge is -2.39. The van der Waals surface area contributed by atoms with Crippen LogP contribution in [0.25, 0.3) is 10.9 Å². The number of carbonyl (C=O) groups excluding carboxylic acids is 2. The zero-order valence-electron chi connectivity index (χ0n) is 19.7. The number of fused-ring (bicyclic) bond motifs is 1. The Balaban J connectivity index is 1.47. The van der Waals surface area contributed by atoms with Crippen molar-refractivity contribution in [2.45, 2.75) is 38.0 Å². The number of aldehydes is 1. The first kappa shape index (κ1) is 24.8. The number of halogens is 1. The molecule has 0 bridgehead atoms. The maximum atomic E-state index is 14.1. The molecule has 0 radical (unpaired) electrons. The molecular weight excluding hydrogens is 469 g/mol. The van der Waals surface area contributed by atoms with Gasteiger partial charge in [-0.3, -0.25) is 14.5 Å². The van der Waals surface area contributed by atoms with Crippen LogP contribution in [0.1, 0.15) is 43.5 Å². The first-order valence-corrected chi connectivity index (χ1v) is 13.0. The molecule has 1 saturated heterocycles. The summed E-state index contributed by atoms with van der Waals surface area (Å²) in [7, 11) is -4.04. The number of carbonyl (C=O) groups is 2. The first-order chi connectivity index (χ1) is 16.6. The summed E-state index contributed by atoms with van der Waals surface area (Å²) < 4.78 is 42.5. The van der Waals surface area contributed by atoms with Crippen molar-refractivity contribution >= 4 is 38.8 Å². The Hall–Kier alpha value is -3.33. The van der Waals surface area contributed by atoms with Crippen LogP contribution >= 0.6 is 0 Å². The third-order valence-electron chi connectivity index (χ3n) is 6.46. The zero-order valence-corrected chi connectivity index (χ0v) is 20.5. The number of amides is 1. The predicted octanol–water partition coefficient (Wildman–Crippen LogP) is 4.64. The van der Waals surface area contributed by atoms with Crippen LogP contribution in [0, 0.1) is 17.2 Å². The second kappa shape index (κ2) is 9.73. The molecule has 1 aromatic heterocycles. The summed E-state index contributed by atoms with van der Waals surface area (Å²) in [5.41, 5.74) is 0.377. The van der Waals surface area contributed by atoms with Gasteiger partial charge >= 0.3 is 0 Å². The van der Waals surface area contributed by atoms with Gasteiger partial charge in [0.1, 0.15) is 17.0 Å². The molecule has 184 valence electrons. The summed E-state index contributed by atoms with van der Waals surface area (Å²) in [6.45, 7) is 5.19. The van der Waals surface area contributed by atoms with Crippen molar-refractivity contribution in [3.63, 3.8) is 0 Å². The molecule has 2 heterocycles. The number of sulfonamides is 1. The molecule has 1 N–H and O–H groups in total. The number of pyridine rings is 1. The van der Waals surface area contributed by atoms with Gasteiger partial charge in [0.25, 0.3) is 15.9 Å². The Bertz CT molecular complexity index is 1350. The van der Waals surface area contributed by atoms with E-state index < -0.39 is 15.8 Å². The minimum absolute atomic E-state index is 0.0424. The van der Waals surface area contributed by atoms with E-state index in [0.29, 0.717) is 37.4 Å². The fourth-order valence-corrected chi connectivity index (χ4v) is 5.96. The zero-order chi connectivity index (χ0) is 25.2. The minimum Gasteiger partial charge on any atom is -0.339 e. The van der Waals surface area contributed by atoms with Crippen LogP contribution < -0.4 is 4.72 Å². The van der Waals surface area contributed by atoms with Crippen molar-refractivity contribution in [3.8, 4) is 0 Å². The number of benzene rings is 2. The number of hydrogen-bond donors (Lipinski definition) is 1. The normalized spacial score (nSPS) is 15.8. The fraction of sp³-hybridized carbons (Fsp3) is 0.346. The number of nitrogens with one attached hydrogen (secondary N) is 1. The minimum atomic E-state index is -4.04. The van der Waals surface area contributed by atoms with Crippen LogP contribution in [0.5, 0.6) is 0 Å². The Labute approximate surface area is 204 Å². The van der Waals surface area contributed by atoms with Crippen LogP contribution in [-0.2, 0) is 14.8 Å². The third kappa shape index (κ3) is 5.19. The number of rotatable bonds is 7. The molecule has 0 saturated carbocycles. The largest absolute Gasteiger partial charge is 0.339 e. The fourth-order valence-electron chi connectivity index (χ4n) is 4.74. The second-order valence-corrected chi connectivity index (χ2v) is 11.1. The van der Waals surface area contributed by atoms with E-state index in [1.807, 2.05) is 0 Å². The topological polar surface area (TPSA) is 96.4 Å². The van der Waals surface area contributed by atoms with Gasteiger partial charge in [0, 0.05) is 41.3 Å². The molecular formula is C26H28FN3O4S. The number of likely N-dealkylation sites (tertiary alicyclic amines) is 1. The van der Waals surface area contributed by atoms with E-state index in [4.69, 9.17) is 0 Å². The SMILES string of the molecule is CC(C)CC1(C=O)CCN(C(=O)c2ccc(NS(=O)(=O)c3ccc(F)c4cccnc34)cc2)CC1. The highest BCUT2D eigenvalue weighted by atomic mass is 32.2. The van der Waals surface area contributed by atoms with Crippen molar-refractivity contribution < 1.29 is 22.4 Å². The van der Waals surface area contributed by atoms with E-state index in [1.54, 1.807) is 17.0 Å². The van der Waals surface area contributed by atoms with Gasteiger partial charge in [-0.05, 0) is 73.7 Å². The van der Waals surface area contributed by atoms with Crippen molar-refractivity contribution in [2.24, 2.45) is 11.3 Å². The number of piperidine rings is 1. The Morgan fingerprint density at radius 2 is 1.83 bits per heavy atom. The van der Waals surface area contributed by atoms with Crippen LogP contribution in [0.15, 0.2) is 59.6 Å². The van der Waals surface area contributed by atoms with Crippen molar-refractivity contribution in [2.75, 3.05) is 17.8 Å². The van der Waals surface area contributed by atoms with Crippen LogP contribution in [0.3, 0.4) is 0 Å². The quantitative estimate of drug-likeness (QED) is 0.480. The highest BCUT2D eigenvalue weighted by Crippen LogP contribution is 2.36. The molecule has 35 heavy (non-hydrogen) atoms. The van der Waals surface area contributed by atoms with Crippen molar-refractivity contribution in [1.82, 2.24) is 9.88 Å². The summed E-state index contributed by atoms with van der Waals surface area (Å²) in [6, 6.07) is 11.5. The smallest absolute Gasteiger partial charge is 0.264 e. The second-order valence-electron chi connectivity index (χ2n) is 9.50. The van der Waals surface area contributed by atoms with Gasteiger partial charge in [-0.1, -0.05) is 13.8 Å². The molecule has 4 rings (SSSR count). The lowest BCUT2D eigenvalue weighted by molar-refractivity contribution is -0.119. The molecule has 1 fully saturated rings. The summed E-state index contributed by atoms with van der Waals surface area (Å²) in [4.78, 5) is 30.3. The molecule has 1 aliphatic heterocycles. The molecule has 7 nitrogen and oxygen atoms in total. The lowest BCUT2D eigenvalue weighted by Crippen LogP contribution is -2.44. The number of aromatic nitrogens is 1. The molecule has 0 spiro atoms. The van der Waals surface area contributed by atoms with Gasteiger partial charge < -0.3 is 9.69 Å². The van der Waals surface area contributed by atoms with Gasteiger partial charge in [-0.2, -0.15) is 0 Å². The molecule has 2 aromatic carbocycles. The first-order valence-electron chi connectivity index (χ1n) is 11.6. The van der Waals surface area contributed by atoms with E-state index >= 15 is 0 Å². The van der Waals surface area contributed by atoms with Crippen LogP contribution in [-0.4, -0.2) is 43.6 Å². The van der Waals surface area contributed by atoms with E-state index in [0.717, 1.165) is 18.8 Å². The highest BCUT2D eigenvalue weighted by molar-refractivity contribution is 7.93. The summed E-state index contributed by atoms with van der Waals surface area (Å²) in [5.74, 6) is -0.304. The number of hydrogen-bond acceptors (Lipinski definition) is 5.